The van der Waals surface area contributed by atoms with Gasteiger partial charge in [-0.05, 0) is 43.1 Å². The maximum atomic E-state index is 13.3. The van der Waals surface area contributed by atoms with E-state index >= 15 is 0 Å². The summed E-state index contributed by atoms with van der Waals surface area (Å²) in [5, 5.41) is 0. The number of pyridine rings is 1. The van der Waals surface area contributed by atoms with Crippen LogP contribution in [0.3, 0.4) is 0 Å². The summed E-state index contributed by atoms with van der Waals surface area (Å²) in [4.78, 5) is 28.0. The van der Waals surface area contributed by atoms with Crippen molar-refractivity contribution in [2.75, 3.05) is 18.8 Å². The highest BCUT2D eigenvalue weighted by molar-refractivity contribution is 7.89. The van der Waals surface area contributed by atoms with Crippen molar-refractivity contribution in [3.63, 3.8) is 0 Å². The zero-order valence-electron chi connectivity index (χ0n) is 17.5. The summed E-state index contributed by atoms with van der Waals surface area (Å²) in [6.07, 6.45) is 4.56. The van der Waals surface area contributed by atoms with Crippen LogP contribution in [0.15, 0.2) is 18.3 Å². The molecule has 2 bridgehead atoms. The lowest BCUT2D eigenvalue weighted by molar-refractivity contribution is -0.128. The first kappa shape index (κ1) is 21.2. The predicted molar refractivity (Wildman–Crippen MR) is 110 cm³/mol. The second-order valence-electron chi connectivity index (χ2n) is 9.40. The number of ether oxygens (including phenoxy) is 1. The molecular formula is C21H29N3O5S. The molecular weight excluding hydrogens is 406 g/mol. The Hall–Kier alpha value is -2.00. The summed E-state index contributed by atoms with van der Waals surface area (Å²) in [6.45, 7) is 4.75. The van der Waals surface area contributed by atoms with Crippen molar-refractivity contribution < 1.29 is 22.7 Å². The average Bonchev–Trinajstić information content (AvgIpc) is 3.02. The van der Waals surface area contributed by atoms with Crippen molar-refractivity contribution in [1.29, 1.82) is 0 Å². The number of sulfonamides is 1. The lowest BCUT2D eigenvalue weighted by atomic mass is 9.70. The molecule has 3 aliphatic rings. The molecule has 8 nitrogen and oxygen atoms in total. The zero-order valence-corrected chi connectivity index (χ0v) is 18.3. The first-order chi connectivity index (χ1) is 14.0. The van der Waals surface area contributed by atoms with Gasteiger partial charge in [0.1, 0.15) is 23.3 Å². The minimum Gasteiger partial charge on any atom is -0.489 e. The van der Waals surface area contributed by atoms with Crippen molar-refractivity contribution in [1.82, 2.24) is 9.29 Å². The summed E-state index contributed by atoms with van der Waals surface area (Å²) >= 11 is 0. The number of hydrogen-bond donors (Lipinski definition) is 1. The Morgan fingerprint density at radius 2 is 2.13 bits per heavy atom. The molecule has 9 heteroatoms. The van der Waals surface area contributed by atoms with Crippen molar-refractivity contribution in [3.8, 4) is 5.75 Å². The van der Waals surface area contributed by atoms with Crippen LogP contribution in [0, 0.1) is 16.7 Å². The molecule has 2 saturated carbocycles. The number of carbonyl (C=O) groups excluding carboxylic acids is 2. The molecule has 1 aromatic rings. The third kappa shape index (κ3) is 3.41. The van der Waals surface area contributed by atoms with E-state index in [1.165, 1.54) is 16.6 Å². The van der Waals surface area contributed by atoms with Gasteiger partial charge in [-0.1, -0.05) is 13.8 Å². The molecule has 3 fully saturated rings. The molecule has 0 radical (unpaired) electrons. The van der Waals surface area contributed by atoms with E-state index in [1.807, 2.05) is 13.8 Å². The number of fused-ring (bicyclic) bond motifs is 2. The summed E-state index contributed by atoms with van der Waals surface area (Å²) < 4.78 is 34.1. The van der Waals surface area contributed by atoms with Crippen molar-refractivity contribution in [2.45, 2.75) is 52.1 Å². The zero-order chi connectivity index (χ0) is 21.7. The van der Waals surface area contributed by atoms with Crippen LogP contribution in [0.5, 0.6) is 5.75 Å². The number of nitrogens with two attached hydrogens (primary N) is 1. The predicted octanol–water partition coefficient (Wildman–Crippen LogP) is 1.75. The van der Waals surface area contributed by atoms with Crippen LogP contribution in [0.4, 0.5) is 0 Å². The minimum absolute atomic E-state index is 0.102. The SMILES string of the molecule is CC1(C)C2CCC1(CS(=O)(=O)N1CCCC(Oc3ccnc(C(N)=O)c3)C1)C(=O)C2. The molecule has 2 heterocycles. The number of nitrogens with zero attached hydrogens (tertiary/aromatic N) is 2. The quantitative estimate of drug-likeness (QED) is 0.727. The third-order valence-electron chi connectivity index (χ3n) is 7.59. The van der Waals surface area contributed by atoms with Crippen molar-refractivity contribution >= 4 is 21.7 Å². The van der Waals surface area contributed by atoms with E-state index in [0.717, 1.165) is 6.42 Å². The molecule has 2 N–H and O–H groups in total. The fraction of sp³-hybridized carbons (Fsp3) is 0.667. The second kappa shape index (κ2) is 7.30. The number of aromatic nitrogens is 1. The molecule has 164 valence electrons. The van der Waals surface area contributed by atoms with Gasteiger partial charge in [-0.25, -0.2) is 8.42 Å². The Kier molecular flexibility index (Phi) is 5.17. The van der Waals surface area contributed by atoms with E-state index in [-0.39, 0.29) is 41.2 Å². The molecule has 1 aromatic heterocycles. The second-order valence-corrected chi connectivity index (χ2v) is 11.4. The van der Waals surface area contributed by atoms with E-state index in [4.69, 9.17) is 10.5 Å². The molecule has 1 amide bonds. The molecule has 3 atom stereocenters. The molecule has 1 saturated heterocycles. The Morgan fingerprint density at radius 1 is 1.37 bits per heavy atom. The molecule has 2 aliphatic carbocycles. The molecule has 30 heavy (non-hydrogen) atoms. The van der Waals surface area contributed by atoms with Gasteiger partial charge in [-0.2, -0.15) is 4.31 Å². The molecule has 1 aliphatic heterocycles. The fourth-order valence-corrected chi connectivity index (χ4v) is 7.86. The number of hydrogen-bond acceptors (Lipinski definition) is 6. The van der Waals surface area contributed by atoms with E-state index in [9.17, 15) is 18.0 Å². The largest absolute Gasteiger partial charge is 0.489 e. The van der Waals surface area contributed by atoms with Gasteiger partial charge in [0.05, 0.1) is 12.3 Å². The Labute approximate surface area is 177 Å². The maximum absolute atomic E-state index is 13.3. The van der Waals surface area contributed by atoms with E-state index in [2.05, 4.69) is 4.98 Å². The van der Waals surface area contributed by atoms with Crippen LogP contribution in [-0.4, -0.2) is 54.3 Å². The van der Waals surface area contributed by atoms with Gasteiger partial charge >= 0.3 is 0 Å². The first-order valence-corrected chi connectivity index (χ1v) is 12.1. The number of carbonyl (C=O) groups is 2. The van der Waals surface area contributed by atoms with Gasteiger partial charge in [0.25, 0.3) is 5.91 Å². The summed E-state index contributed by atoms with van der Waals surface area (Å²) in [5.41, 5.74) is 4.31. The summed E-state index contributed by atoms with van der Waals surface area (Å²) in [6, 6.07) is 3.09. The number of ketones is 1. The minimum atomic E-state index is -3.62. The van der Waals surface area contributed by atoms with Gasteiger partial charge in [-0.3, -0.25) is 14.6 Å². The van der Waals surface area contributed by atoms with Crippen LogP contribution < -0.4 is 10.5 Å². The van der Waals surface area contributed by atoms with Crippen LogP contribution in [0.25, 0.3) is 0 Å². The highest BCUT2D eigenvalue weighted by Gasteiger charge is 2.65. The molecule has 0 aromatic carbocycles. The Balaban J connectivity index is 1.48. The smallest absolute Gasteiger partial charge is 0.267 e. The highest BCUT2D eigenvalue weighted by Crippen LogP contribution is 2.64. The van der Waals surface area contributed by atoms with E-state index < -0.39 is 21.3 Å². The monoisotopic (exact) mass is 435 g/mol. The Bertz CT molecular complexity index is 977. The normalized spacial score (nSPS) is 31.1. The lowest BCUT2D eigenvalue weighted by Gasteiger charge is -2.39. The van der Waals surface area contributed by atoms with Crippen LogP contribution in [0.2, 0.25) is 0 Å². The van der Waals surface area contributed by atoms with Crippen LogP contribution in [0.1, 0.15) is 56.4 Å². The highest BCUT2D eigenvalue weighted by atomic mass is 32.2. The van der Waals surface area contributed by atoms with Crippen molar-refractivity contribution in [2.24, 2.45) is 22.5 Å². The van der Waals surface area contributed by atoms with Gasteiger partial charge in [0.15, 0.2) is 0 Å². The van der Waals surface area contributed by atoms with Crippen LogP contribution in [-0.2, 0) is 14.8 Å². The number of rotatable bonds is 6. The summed E-state index contributed by atoms with van der Waals surface area (Å²) in [5.74, 6) is 0.0613. The molecule has 3 unspecified atom stereocenters. The lowest BCUT2D eigenvalue weighted by Crippen LogP contribution is -2.50. The number of amides is 1. The third-order valence-corrected chi connectivity index (χ3v) is 9.56. The van der Waals surface area contributed by atoms with Gasteiger partial charge in [-0.15, -0.1) is 0 Å². The maximum Gasteiger partial charge on any atom is 0.267 e. The standard InChI is InChI=1S/C21H29N3O5S/c1-20(2)14-5-7-21(20,18(25)10-14)13-30(27,28)24-9-3-4-16(12-24)29-15-6-8-23-17(11-15)19(22)26/h6,8,11,14,16H,3-5,7,9-10,12-13H2,1-2H3,(H2,22,26). The fourth-order valence-electron chi connectivity index (χ4n) is 5.58. The average molecular weight is 436 g/mol. The Morgan fingerprint density at radius 3 is 2.77 bits per heavy atom. The molecule has 4 rings (SSSR count). The van der Waals surface area contributed by atoms with Gasteiger partial charge in [0.2, 0.25) is 10.0 Å². The summed E-state index contributed by atoms with van der Waals surface area (Å²) in [7, 11) is -3.62. The van der Waals surface area contributed by atoms with Gasteiger partial charge < -0.3 is 10.5 Å². The molecule has 0 spiro atoms. The van der Waals surface area contributed by atoms with E-state index in [1.54, 1.807) is 6.07 Å². The first-order valence-electron chi connectivity index (χ1n) is 10.5. The number of primary amides is 1. The number of piperidine rings is 1. The van der Waals surface area contributed by atoms with E-state index in [0.29, 0.717) is 38.0 Å². The van der Waals surface area contributed by atoms with Gasteiger partial charge in [0, 0.05) is 30.6 Å². The van der Waals surface area contributed by atoms with Crippen LogP contribution >= 0.6 is 0 Å². The number of Topliss-reactive ketones (excluding diaryl/α,β-unsaturated/α-hetero) is 1. The van der Waals surface area contributed by atoms with Crippen molar-refractivity contribution in [3.05, 3.63) is 24.0 Å². The topological polar surface area (TPSA) is 120 Å².